The van der Waals surface area contributed by atoms with Crippen molar-refractivity contribution >= 4 is 33.4 Å². The maximum Gasteiger partial charge on any atom is 0.243 e. The van der Waals surface area contributed by atoms with E-state index in [2.05, 4.69) is 10.3 Å². The molecule has 1 aliphatic rings. The number of sulfonamides is 1. The fourth-order valence-electron chi connectivity index (χ4n) is 2.69. The molecule has 1 aromatic carbocycles. The van der Waals surface area contributed by atoms with Crippen LogP contribution in [0, 0.1) is 0 Å². The first-order chi connectivity index (χ1) is 13.4. The van der Waals surface area contributed by atoms with Crippen molar-refractivity contribution < 1.29 is 22.7 Å². The Morgan fingerprint density at radius 1 is 1.36 bits per heavy atom. The highest BCUT2D eigenvalue weighted by Crippen LogP contribution is 2.29. The van der Waals surface area contributed by atoms with Gasteiger partial charge in [-0.05, 0) is 18.2 Å². The summed E-state index contributed by atoms with van der Waals surface area (Å²) in [6.07, 6.45) is 3.45. The van der Waals surface area contributed by atoms with Crippen LogP contribution >= 0.6 is 11.8 Å². The Morgan fingerprint density at radius 2 is 2.11 bits per heavy atom. The second-order valence-corrected chi connectivity index (χ2v) is 8.92. The number of methoxy groups -OCH3 is 1. The van der Waals surface area contributed by atoms with E-state index in [0.717, 1.165) is 0 Å². The number of hydrogen-bond acceptors (Lipinski definition) is 7. The number of aromatic nitrogens is 2. The molecule has 0 radical (unpaired) electrons. The normalized spacial score (nSPS) is 15.4. The van der Waals surface area contributed by atoms with E-state index in [1.807, 2.05) is 11.6 Å². The van der Waals surface area contributed by atoms with Crippen molar-refractivity contribution in [2.75, 3.05) is 44.5 Å². The molecule has 2 aromatic rings. The zero-order valence-electron chi connectivity index (χ0n) is 15.6. The van der Waals surface area contributed by atoms with Crippen LogP contribution in [-0.4, -0.2) is 67.3 Å². The van der Waals surface area contributed by atoms with Crippen molar-refractivity contribution in [2.24, 2.45) is 7.05 Å². The summed E-state index contributed by atoms with van der Waals surface area (Å²) in [7, 11) is -0.365. The van der Waals surface area contributed by atoms with Crippen LogP contribution in [0.15, 0.2) is 40.6 Å². The van der Waals surface area contributed by atoms with E-state index < -0.39 is 10.0 Å². The van der Waals surface area contributed by atoms with E-state index in [1.54, 1.807) is 12.4 Å². The summed E-state index contributed by atoms with van der Waals surface area (Å²) >= 11 is 1.29. The van der Waals surface area contributed by atoms with Gasteiger partial charge in [-0.3, -0.25) is 4.79 Å². The highest BCUT2D eigenvalue weighted by atomic mass is 32.2. The quantitative estimate of drug-likeness (QED) is 0.663. The van der Waals surface area contributed by atoms with E-state index in [0.29, 0.717) is 42.9 Å². The van der Waals surface area contributed by atoms with Crippen molar-refractivity contribution in [3.05, 3.63) is 30.6 Å². The van der Waals surface area contributed by atoms with Gasteiger partial charge in [0, 0.05) is 32.5 Å². The predicted molar refractivity (Wildman–Crippen MR) is 105 cm³/mol. The topological polar surface area (TPSA) is 103 Å². The van der Waals surface area contributed by atoms with Crippen molar-refractivity contribution in [1.29, 1.82) is 0 Å². The largest absolute Gasteiger partial charge is 0.495 e. The Morgan fingerprint density at radius 3 is 2.75 bits per heavy atom. The molecule has 0 spiro atoms. The minimum absolute atomic E-state index is 0.0993. The molecule has 1 N–H and O–H groups in total. The van der Waals surface area contributed by atoms with Gasteiger partial charge >= 0.3 is 0 Å². The van der Waals surface area contributed by atoms with Gasteiger partial charge in [-0.25, -0.2) is 13.4 Å². The van der Waals surface area contributed by atoms with Crippen LogP contribution in [0.25, 0.3) is 0 Å². The fraction of sp³-hybridized carbons (Fsp3) is 0.412. The number of anilines is 1. The molecular formula is C17H22N4O5S2. The molecular weight excluding hydrogens is 404 g/mol. The molecule has 1 aliphatic heterocycles. The van der Waals surface area contributed by atoms with Gasteiger partial charge in [-0.2, -0.15) is 4.31 Å². The summed E-state index contributed by atoms with van der Waals surface area (Å²) in [6, 6.07) is 4.43. The summed E-state index contributed by atoms with van der Waals surface area (Å²) in [5.74, 6) is 0.234. The number of rotatable bonds is 7. The summed E-state index contributed by atoms with van der Waals surface area (Å²) in [5.41, 5.74) is 0.308. The molecule has 0 saturated carbocycles. The van der Waals surface area contributed by atoms with E-state index in [1.165, 1.54) is 41.4 Å². The number of nitrogens with one attached hydrogen (secondary N) is 1. The Bertz CT molecular complexity index is 939. The second kappa shape index (κ2) is 8.95. The van der Waals surface area contributed by atoms with Crippen molar-refractivity contribution in [3.8, 4) is 5.75 Å². The highest BCUT2D eigenvalue weighted by Gasteiger charge is 2.27. The molecule has 0 atom stereocenters. The number of morpholine rings is 1. The lowest BCUT2D eigenvalue weighted by molar-refractivity contribution is -0.113. The number of imidazole rings is 1. The molecule has 9 nitrogen and oxygen atoms in total. The minimum Gasteiger partial charge on any atom is -0.495 e. The summed E-state index contributed by atoms with van der Waals surface area (Å²) in [6.45, 7) is 1.33. The van der Waals surface area contributed by atoms with E-state index in [-0.39, 0.29) is 16.6 Å². The highest BCUT2D eigenvalue weighted by molar-refractivity contribution is 7.99. The SMILES string of the molecule is COc1ccc(S(=O)(=O)N2CCOCC2)cc1NC(=O)CSc1nccn1C. The molecule has 2 heterocycles. The molecule has 1 fully saturated rings. The zero-order valence-corrected chi connectivity index (χ0v) is 17.3. The zero-order chi connectivity index (χ0) is 20.1. The Hall–Kier alpha value is -2.08. The van der Waals surface area contributed by atoms with E-state index in [4.69, 9.17) is 9.47 Å². The lowest BCUT2D eigenvalue weighted by atomic mass is 10.3. The number of carbonyl (C=O) groups is 1. The number of thioether (sulfide) groups is 1. The van der Waals surface area contributed by atoms with Crippen LogP contribution in [-0.2, 0) is 26.6 Å². The molecule has 0 aliphatic carbocycles. The van der Waals surface area contributed by atoms with Crippen molar-refractivity contribution in [2.45, 2.75) is 10.1 Å². The summed E-state index contributed by atoms with van der Waals surface area (Å²) in [4.78, 5) is 16.6. The first-order valence-electron chi connectivity index (χ1n) is 8.57. The molecule has 1 saturated heterocycles. The molecule has 28 heavy (non-hydrogen) atoms. The number of aryl methyl sites for hydroxylation is 1. The lowest BCUT2D eigenvalue weighted by Crippen LogP contribution is -2.40. The third kappa shape index (κ3) is 4.66. The monoisotopic (exact) mass is 426 g/mol. The van der Waals surface area contributed by atoms with Crippen LogP contribution < -0.4 is 10.1 Å². The predicted octanol–water partition coefficient (Wildman–Crippen LogP) is 1.18. The smallest absolute Gasteiger partial charge is 0.243 e. The van der Waals surface area contributed by atoms with Crippen LogP contribution in [0.1, 0.15) is 0 Å². The number of carbonyl (C=O) groups excluding carboxylic acids is 1. The van der Waals surface area contributed by atoms with Gasteiger partial charge < -0.3 is 19.4 Å². The molecule has 152 valence electrons. The first-order valence-corrected chi connectivity index (χ1v) is 11.0. The van der Waals surface area contributed by atoms with Gasteiger partial charge in [-0.15, -0.1) is 0 Å². The molecule has 11 heteroatoms. The maximum atomic E-state index is 12.8. The molecule has 1 aromatic heterocycles. The van der Waals surface area contributed by atoms with Gasteiger partial charge in [0.1, 0.15) is 5.75 Å². The van der Waals surface area contributed by atoms with Crippen LogP contribution in [0.3, 0.4) is 0 Å². The molecule has 1 amide bonds. The van der Waals surface area contributed by atoms with E-state index in [9.17, 15) is 13.2 Å². The number of nitrogens with zero attached hydrogens (tertiary/aromatic N) is 3. The Labute approximate surface area is 168 Å². The number of ether oxygens (including phenoxy) is 2. The van der Waals surface area contributed by atoms with Gasteiger partial charge in [0.25, 0.3) is 0 Å². The fourth-order valence-corrected chi connectivity index (χ4v) is 4.86. The summed E-state index contributed by atoms with van der Waals surface area (Å²) in [5, 5.41) is 3.44. The number of hydrogen-bond donors (Lipinski definition) is 1. The van der Waals surface area contributed by atoms with Crippen LogP contribution in [0.2, 0.25) is 0 Å². The number of amides is 1. The van der Waals surface area contributed by atoms with Crippen LogP contribution in [0.5, 0.6) is 5.75 Å². The van der Waals surface area contributed by atoms with Crippen LogP contribution in [0.4, 0.5) is 5.69 Å². The molecule has 0 bridgehead atoms. The Balaban J connectivity index is 1.75. The third-order valence-electron chi connectivity index (χ3n) is 4.16. The van der Waals surface area contributed by atoms with Crippen molar-refractivity contribution in [1.82, 2.24) is 13.9 Å². The number of benzene rings is 1. The standard InChI is InChI=1S/C17H22N4O5S2/c1-20-6-5-18-17(20)27-12-16(22)19-14-11-13(3-4-15(14)25-2)28(23,24)21-7-9-26-10-8-21/h3-6,11H,7-10,12H2,1-2H3,(H,19,22). The van der Waals surface area contributed by atoms with Gasteiger partial charge in [-0.1, -0.05) is 11.8 Å². The molecule has 3 rings (SSSR count). The average molecular weight is 427 g/mol. The van der Waals surface area contributed by atoms with Gasteiger partial charge in [0.2, 0.25) is 15.9 Å². The third-order valence-corrected chi connectivity index (χ3v) is 7.11. The lowest BCUT2D eigenvalue weighted by Gasteiger charge is -2.26. The van der Waals surface area contributed by atoms with E-state index >= 15 is 0 Å². The maximum absolute atomic E-state index is 12.8. The minimum atomic E-state index is -3.67. The Kier molecular flexibility index (Phi) is 6.60. The van der Waals surface area contributed by atoms with Gasteiger partial charge in [0.15, 0.2) is 5.16 Å². The van der Waals surface area contributed by atoms with Crippen molar-refractivity contribution in [3.63, 3.8) is 0 Å². The average Bonchev–Trinajstić information content (AvgIpc) is 3.12. The summed E-state index contributed by atoms with van der Waals surface area (Å²) < 4.78 is 39.4. The molecule has 0 unspecified atom stereocenters. The van der Waals surface area contributed by atoms with Gasteiger partial charge in [0.05, 0.1) is 36.7 Å². The first kappa shape index (κ1) is 20.6. The second-order valence-electron chi connectivity index (χ2n) is 6.04.